The first-order valence-electron chi connectivity index (χ1n) is 9.50. The Balaban J connectivity index is 1.77. The lowest BCUT2D eigenvalue weighted by Gasteiger charge is -2.19. The zero-order valence-corrected chi connectivity index (χ0v) is 18.2. The van der Waals surface area contributed by atoms with E-state index >= 15 is 0 Å². The fraction of sp³-hybridized carbons (Fsp3) is 0.529. The minimum absolute atomic E-state index is 0.0269. The third-order valence-electron chi connectivity index (χ3n) is 4.36. The van der Waals surface area contributed by atoms with Gasteiger partial charge in [-0.3, -0.25) is 18.9 Å². The molecule has 2 aromatic rings. The zero-order valence-electron chi connectivity index (χ0n) is 17.3. The van der Waals surface area contributed by atoms with Crippen molar-refractivity contribution in [2.24, 2.45) is 0 Å². The molecule has 2 atom stereocenters. The predicted molar refractivity (Wildman–Crippen MR) is 106 cm³/mol. The third kappa shape index (κ3) is 5.13. The molecule has 0 aromatic carbocycles. The maximum atomic E-state index is 12.7. The molecule has 170 valence electrons. The molecule has 13 nitrogen and oxygen atoms in total. The van der Waals surface area contributed by atoms with Crippen molar-refractivity contribution < 1.29 is 28.2 Å². The van der Waals surface area contributed by atoms with Crippen LogP contribution in [0.1, 0.15) is 25.8 Å². The second kappa shape index (κ2) is 9.60. The lowest BCUT2D eigenvalue weighted by atomic mass is 10.2. The first kappa shape index (κ1) is 22.9. The number of aromatic amines is 1. The molecule has 1 aliphatic rings. The van der Waals surface area contributed by atoms with E-state index in [0.717, 1.165) is 10.6 Å². The number of aromatic nitrogens is 5. The number of ether oxygens (including phenoxy) is 2. The number of aliphatic hydroxyl groups excluding tert-OH is 1. The summed E-state index contributed by atoms with van der Waals surface area (Å²) in [5.41, 5.74) is -0.892. The van der Waals surface area contributed by atoms with E-state index in [2.05, 4.69) is 15.3 Å². The summed E-state index contributed by atoms with van der Waals surface area (Å²) in [6, 6.07) is 1.16. The molecule has 1 unspecified atom stereocenters. The van der Waals surface area contributed by atoms with Crippen molar-refractivity contribution in [1.82, 2.24) is 24.5 Å². The summed E-state index contributed by atoms with van der Waals surface area (Å²) >= 11 is 0. The summed E-state index contributed by atoms with van der Waals surface area (Å²) in [5, 5.41) is 18.4. The molecule has 14 heteroatoms. The third-order valence-corrected chi connectivity index (χ3v) is 6.37. The number of H-pyrrole nitrogens is 1. The van der Waals surface area contributed by atoms with Crippen LogP contribution in [0.4, 0.5) is 0 Å². The fourth-order valence-electron chi connectivity index (χ4n) is 3.09. The number of hydrogen-bond donors (Lipinski definition) is 2. The summed E-state index contributed by atoms with van der Waals surface area (Å²) in [7, 11) is -1.99. The van der Waals surface area contributed by atoms with Crippen LogP contribution in [-0.4, -0.2) is 56.1 Å². The van der Waals surface area contributed by atoms with Crippen LogP contribution in [0.3, 0.4) is 0 Å². The zero-order chi connectivity index (χ0) is 22.6. The van der Waals surface area contributed by atoms with Gasteiger partial charge in [0.15, 0.2) is 17.6 Å². The average Bonchev–Trinajstić information content (AvgIpc) is 3.26. The monoisotopic (exact) mass is 457 g/mol. The van der Waals surface area contributed by atoms with Crippen molar-refractivity contribution in [3.63, 3.8) is 0 Å². The lowest BCUT2D eigenvalue weighted by Crippen LogP contribution is -2.36. The minimum Gasteiger partial charge on any atom is -0.506 e. The van der Waals surface area contributed by atoms with Gasteiger partial charge in [0.2, 0.25) is 6.23 Å². The van der Waals surface area contributed by atoms with Gasteiger partial charge < -0.3 is 23.6 Å². The summed E-state index contributed by atoms with van der Waals surface area (Å²) in [6.45, 7) is 3.85. The van der Waals surface area contributed by atoms with E-state index in [9.17, 15) is 19.3 Å². The van der Waals surface area contributed by atoms with Crippen LogP contribution in [0.5, 0.6) is 0 Å². The molecule has 0 radical (unpaired) electrons. The highest BCUT2D eigenvalue weighted by atomic mass is 31.2. The summed E-state index contributed by atoms with van der Waals surface area (Å²) in [4.78, 5) is 25.5. The van der Waals surface area contributed by atoms with Gasteiger partial charge in [-0.05, 0) is 13.8 Å². The first-order valence-corrected chi connectivity index (χ1v) is 11.2. The molecule has 3 heterocycles. The van der Waals surface area contributed by atoms with Crippen molar-refractivity contribution in [3.8, 4) is 0 Å². The van der Waals surface area contributed by atoms with Crippen molar-refractivity contribution >= 4 is 7.60 Å². The molecular weight excluding hydrogens is 433 g/mol. The second-order valence-corrected chi connectivity index (χ2v) is 8.56. The number of allylic oxidation sites excluding steroid dienone is 1. The van der Waals surface area contributed by atoms with E-state index in [1.807, 2.05) is 0 Å². The van der Waals surface area contributed by atoms with Gasteiger partial charge in [0.1, 0.15) is 6.54 Å². The SMILES string of the molecule is CCOP(=O)(Cc1cn(CC2=C(O)C(OC)[C@H](n3ccc(=O)[nH]c3=O)O2)nn1)OCC. The van der Waals surface area contributed by atoms with Gasteiger partial charge in [-0.2, -0.15) is 0 Å². The second-order valence-electron chi connectivity index (χ2n) is 6.50. The van der Waals surface area contributed by atoms with E-state index in [0.29, 0.717) is 5.69 Å². The Bertz CT molecular complexity index is 1100. The van der Waals surface area contributed by atoms with Gasteiger partial charge >= 0.3 is 13.3 Å². The molecule has 2 aromatic heterocycles. The Hall–Kier alpha value is -2.73. The molecule has 0 spiro atoms. The summed E-state index contributed by atoms with van der Waals surface area (Å²) in [6.07, 6.45) is 0.716. The maximum absolute atomic E-state index is 12.7. The van der Waals surface area contributed by atoms with Crippen molar-refractivity contribution in [2.45, 2.75) is 38.9 Å². The molecular formula is C17H24N5O8P. The van der Waals surface area contributed by atoms with Crippen molar-refractivity contribution in [3.05, 3.63) is 56.5 Å². The molecule has 0 aliphatic carbocycles. The largest absolute Gasteiger partial charge is 0.506 e. The molecule has 0 saturated carbocycles. The Kier molecular flexibility index (Phi) is 7.11. The quantitative estimate of drug-likeness (QED) is 0.491. The van der Waals surface area contributed by atoms with Crippen LogP contribution in [-0.2, 0) is 35.8 Å². The molecule has 1 aliphatic heterocycles. The van der Waals surface area contributed by atoms with E-state index in [1.165, 1.54) is 24.2 Å². The van der Waals surface area contributed by atoms with Gasteiger partial charge in [-0.1, -0.05) is 5.21 Å². The van der Waals surface area contributed by atoms with Gasteiger partial charge in [-0.25, -0.2) is 9.48 Å². The van der Waals surface area contributed by atoms with E-state index in [4.69, 9.17) is 18.5 Å². The molecule has 0 saturated heterocycles. The van der Waals surface area contributed by atoms with Crippen molar-refractivity contribution in [1.29, 1.82) is 0 Å². The van der Waals surface area contributed by atoms with Crippen molar-refractivity contribution in [2.75, 3.05) is 20.3 Å². The van der Waals surface area contributed by atoms with Crippen LogP contribution in [0.25, 0.3) is 0 Å². The summed E-state index contributed by atoms with van der Waals surface area (Å²) in [5.74, 6) is -0.124. The van der Waals surface area contributed by atoms with E-state index in [1.54, 1.807) is 13.8 Å². The Labute approximate surface area is 176 Å². The topological polar surface area (TPSA) is 160 Å². The molecule has 3 rings (SSSR count). The average molecular weight is 457 g/mol. The highest BCUT2D eigenvalue weighted by Crippen LogP contribution is 2.50. The molecule has 0 bridgehead atoms. The number of rotatable bonds is 10. The number of methoxy groups -OCH3 is 1. The van der Waals surface area contributed by atoms with E-state index < -0.39 is 31.2 Å². The lowest BCUT2D eigenvalue weighted by molar-refractivity contribution is -0.0353. The van der Waals surface area contributed by atoms with E-state index in [-0.39, 0.29) is 37.4 Å². The Morgan fingerprint density at radius 2 is 2.00 bits per heavy atom. The van der Waals surface area contributed by atoms with Crippen LogP contribution in [0, 0.1) is 0 Å². The van der Waals surface area contributed by atoms with Gasteiger partial charge in [0, 0.05) is 25.6 Å². The number of hydrogen-bond acceptors (Lipinski definition) is 10. The van der Waals surface area contributed by atoms with Crippen LogP contribution >= 0.6 is 7.60 Å². The normalized spacial score (nSPS) is 19.1. The summed E-state index contributed by atoms with van der Waals surface area (Å²) < 4.78 is 36.6. The van der Waals surface area contributed by atoms with Crippen LogP contribution < -0.4 is 11.2 Å². The van der Waals surface area contributed by atoms with Gasteiger partial charge in [0.05, 0.1) is 25.1 Å². The van der Waals surface area contributed by atoms with Gasteiger partial charge in [0.25, 0.3) is 5.56 Å². The first-order chi connectivity index (χ1) is 14.8. The fourth-order valence-corrected chi connectivity index (χ4v) is 4.68. The standard InChI is InChI=1S/C17H24N5O8P/c1-4-28-31(26,29-5-2)10-11-8-21(20-19-11)9-12-14(24)15(27-3)16(30-12)22-7-6-13(23)18-17(22)25/h6-8,15-16,24H,4-5,9-10H2,1-3H3,(H,18,23,25)/t15?,16-/m1/s1. The Morgan fingerprint density at radius 1 is 1.29 bits per heavy atom. The number of aliphatic hydroxyl groups is 1. The predicted octanol–water partition coefficient (Wildman–Crippen LogP) is 0.908. The molecule has 31 heavy (non-hydrogen) atoms. The number of nitrogens with zero attached hydrogens (tertiary/aromatic N) is 4. The van der Waals surface area contributed by atoms with Gasteiger partial charge in [-0.15, -0.1) is 5.10 Å². The highest BCUT2D eigenvalue weighted by Gasteiger charge is 2.39. The van der Waals surface area contributed by atoms with Crippen LogP contribution in [0.2, 0.25) is 0 Å². The smallest absolute Gasteiger partial charge is 0.336 e. The maximum Gasteiger partial charge on any atom is 0.336 e. The molecule has 2 N–H and O–H groups in total. The molecule has 0 fully saturated rings. The minimum atomic E-state index is -3.35. The van der Waals surface area contributed by atoms with Crippen LogP contribution in [0.15, 0.2) is 39.6 Å². The Morgan fingerprint density at radius 3 is 2.61 bits per heavy atom. The molecule has 0 amide bonds. The number of nitrogens with one attached hydrogen (secondary N) is 1. The highest BCUT2D eigenvalue weighted by molar-refractivity contribution is 7.53.